The Morgan fingerprint density at radius 1 is 0.524 bits per heavy atom. The van der Waals surface area contributed by atoms with E-state index in [1.165, 1.54) is 41.4 Å². The van der Waals surface area contributed by atoms with Gasteiger partial charge in [0.1, 0.15) is 0 Å². The summed E-state index contributed by atoms with van der Waals surface area (Å²) in [6.07, 6.45) is 4.47. The zero-order valence-electron chi connectivity index (χ0n) is 13.7. The van der Waals surface area contributed by atoms with Crippen LogP contribution < -0.4 is 10.6 Å². The first-order chi connectivity index (χ1) is 10.2. The van der Waals surface area contributed by atoms with Crippen molar-refractivity contribution in [3.05, 3.63) is 58.7 Å². The average molecular weight is 297 g/mol. The molecule has 21 heavy (non-hydrogen) atoms. The molecule has 2 rings (SSSR count). The van der Waals surface area contributed by atoms with Crippen molar-refractivity contribution in [2.45, 2.75) is 53.4 Å². The van der Waals surface area contributed by atoms with E-state index in [2.05, 4.69) is 64.1 Å². The molecule has 0 N–H and O–H groups in total. The minimum atomic E-state index is 1.12. The van der Waals surface area contributed by atoms with Gasteiger partial charge in [0, 0.05) is 0 Å². The molecule has 0 spiro atoms. The molecule has 0 nitrogen and oxygen atoms in total. The second-order valence-corrected chi connectivity index (χ2v) is 6.80. The van der Waals surface area contributed by atoms with Gasteiger partial charge in [-0.25, -0.2) is 0 Å². The highest BCUT2D eigenvalue weighted by atomic mass is 31.1. The molecule has 0 saturated heterocycles. The van der Waals surface area contributed by atoms with Gasteiger partial charge in [0.25, 0.3) is 0 Å². The highest BCUT2D eigenvalue weighted by Gasteiger charge is 2.04. The second-order valence-electron chi connectivity index (χ2n) is 5.54. The van der Waals surface area contributed by atoms with Gasteiger partial charge in [-0.15, -0.1) is 0 Å². The summed E-state index contributed by atoms with van der Waals surface area (Å²) in [6, 6.07) is 14.2. The SMILES string of the molecule is CCc1cc(CC)cc([P]c2cc(CC)cc(CC)c2)c1. The lowest BCUT2D eigenvalue weighted by molar-refractivity contribution is 1.09. The van der Waals surface area contributed by atoms with Gasteiger partial charge in [0.05, 0.1) is 0 Å². The number of aryl methyl sites for hydroxylation is 4. The third-order valence-corrected chi connectivity index (χ3v) is 5.00. The first kappa shape index (κ1) is 16.2. The molecule has 2 aromatic carbocycles. The van der Waals surface area contributed by atoms with Gasteiger partial charge in [-0.1, -0.05) is 64.1 Å². The van der Waals surface area contributed by atoms with Gasteiger partial charge in [0.15, 0.2) is 0 Å². The van der Waals surface area contributed by atoms with Crippen LogP contribution in [0.15, 0.2) is 36.4 Å². The zero-order valence-corrected chi connectivity index (χ0v) is 14.6. The van der Waals surface area contributed by atoms with Crippen molar-refractivity contribution < 1.29 is 0 Å². The van der Waals surface area contributed by atoms with Gasteiger partial charge < -0.3 is 0 Å². The lowest BCUT2D eigenvalue weighted by atomic mass is 10.1. The van der Waals surface area contributed by atoms with E-state index < -0.39 is 0 Å². The van der Waals surface area contributed by atoms with E-state index in [1.807, 2.05) is 0 Å². The van der Waals surface area contributed by atoms with E-state index >= 15 is 0 Å². The van der Waals surface area contributed by atoms with Crippen LogP contribution in [0.4, 0.5) is 0 Å². The average Bonchev–Trinajstić information content (AvgIpc) is 2.53. The van der Waals surface area contributed by atoms with E-state index in [0.717, 1.165) is 25.7 Å². The van der Waals surface area contributed by atoms with Crippen molar-refractivity contribution >= 4 is 19.2 Å². The number of hydrogen-bond donors (Lipinski definition) is 0. The highest BCUT2D eigenvalue weighted by Crippen LogP contribution is 2.17. The molecular formula is C20H26P. The maximum absolute atomic E-state index is 2.37. The maximum atomic E-state index is 2.37. The lowest BCUT2D eigenvalue weighted by Gasteiger charge is -2.10. The minimum absolute atomic E-state index is 1.12. The molecule has 0 aromatic heterocycles. The predicted molar refractivity (Wildman–Crippen MR) is 96.6 cm³/mol. The molecule has 0 bridgehead atoms. The molecule has 111 valence electrons. The van der Waals surface area contributed by atoms with Crippen LogP contribution >= 0.6 is 8.58 Å². The summed E-state index contributed by atoms with van der Waals surface area (Å²) in [5.41, 5.74) is 5.83. The summed E-state index contributed by atoms with van der Waals surface area (Å²) in [5.74, 6) is 0. The van der Waals surface area contributed by atoms with Crippen LogP contribution in [0.25, 0.3) is 0 Å². The van der Waals surface area contributed by atoms with E-state index in [9.17, 15) is 0 Å². The molecule has 1 heteroatoms. The Balaban J connectivity index is 2.32. The lowest BCUT2D eigenvalue weighted by Crippen LogP contribution is -2.08. The second kappa shape index (κ2) is 7.76. The number of hydrogen-bond acceptors (Lipinski definition) is 0. The number of benzene rings is 2. The van der Waals surface area contributed by atoms with Crippen molar-refractivity contribution in [1.29, 1.82) is 0 Å². The Kier molecular flexibility index (Phi) is 6.00. The first-order valence-corrected chi connectivity index (χ1v) is 9.05. The van der Waals surface area contributed by atoms with Crippen molar-refractivity contribution in [3.8, 4) is 0 Å². The molecule has 0 atom stereocenters. The minimum Gasteiger partial charge on any atom is -0.0613 e. The predicted octanol–water partition coefficient (Wildman–Crippen LogP) is 4.83. The fraction of sp³-hybridized carbons (Fsp3) is 0.400. The topological polar surface area (TPSA) is 0 Å². The molecule has 0 aliphatic carbocycles. The third kappa shape index (κ3) is 4.42. The summed E-state index contributed by atoms with van der Waals surface area (Å²) in [6.45, 7) is 8.95. The fourth-order valence-corrected chi connectivity index (χ4v) is 3.80. The van der Waals surface area contributed by atoms with Gasteiger partial charge in [0.2, 0.25) is 0 Å². The monoisotopic (exact) mass is 297 g/mol. The Morgan fingerprint density at radius 3 is 1.05 bits per heavy atom. The summed E-state index contributed by atoms with van der Waals surface area (Å²) in [5, 5.41) is 2.86. The van der Waals surface area contributed by atoms with Gasteiger partial charge in [-0.3, -0.25) is 0 Å². The largest absolute Gasteiger partial charge is 0.0613 e. The van der Waals surface area contributed by atoms with Crippen LogP contribution in [0.1, 0.15) is 49.9 Å². The molecule has 0 aliphatic rings. The standard InChI is InChI=1S/C20H26P/c1-5-15-9-16(6-2)12-19(11-15)21-20-13-17(7-3)10-18(8-4)14-20/h9-14H,5-8H2,1-4H3. The van der Waals surface area contributed by atoms with Gasteiger partial charge in [-0.05, 0) is 67.1 Å². The Hall–Kier alpha value is -1.13. The van der Waals surface area contributed by atoms with Crippen LogP contribution in [0.5, 0.6) is 0 Å². The van der Waals surface area contributed by atoms with Crippen molar-refractivity contribution in [2.24, 2.45) is 0 Å². The van der Waals surface area contributed by atoms with E-state index in [0.29, 0.717) is 0 Å². The Morgan fingerprint density at radius 2 is 0.810 bits per heavy atom. The quantitative estimate of drug-likeness (QED) is 0.670. The summed E-state index contributed by atoms with van der Waals surface area (Å²) in [7, 11) is 1.34. The maximum Gasteiger partial charge on any atom is -0.00999 e. The summed E-state index contributed by atoms with van der Waals surface area (Å²) < 4.78 is 0. The van der Waals surface area contributed by atoms with Crippen LogP contribution in [0, 0.1) is 0 Å². The Labute approximate surface area is 131 Å². The van der Waals surface area contributed by atoms with E-state index in [1.54, 1.807) is 0 Å². The summed E-state index contributed by atoms with van der Waals surface area (Å²) >= 11 is 0. The first-order valence-electron chi connectivity index (χ1n) is 8.15. The molecule has 2 aromatic rings. The van der Waals surface area contributed by atoms with Crippen molar-refractivity contribution in [2.75, 3.05) is 0 Å². The van der Waals surface area contributed by atoms with Crippen LogP contribution in [-0.2, 0) is 25.7 Å². The Bertz CT molecular complexity index is 501. The molecular weight excluding hydrogens is 271 g/mol. The van der Waals surface area contributed by atoms with E-state index in [4.69, 9.17) is 0 Å². The van der Waals surface area contributed by atoms with Crippen LogP contribution in [0.3, 0.4) is 0 Å². The summed E-state index contributed by atoms with van der Waals surface area (Å²) in [4.78, 5) is 0. The fourth-order valence-electron chi connectivity index (χ4n) is 2.58. The molecule has 0 aliphatic heterocycles. The number of rotatable bonds is 6. The molecule has 0 fully saturated rings. The molecule has 0 unspecified atom stereocenters. The smallest absolute Gasteiger partial charge is 0.00999 e. The molecule has 1 radical (unpaired) electrons. The van der Waals surface area contributed by atoms with E-state index in [-0.39, 0.29) is 0 Å². The normalized spacial score (nSPS) is 10.9. The van der Waals surface area contributed by atoms with Crippen LogP contribution in [-0.4, -0.2) is 0 Å². The molecule has 0 saturated carbocycles. The van der Waals surface area contributed by atoms with Gasteiger partial charge >= 0.3 is 0 Å². The van der Waals surface area contributed by atoms with Crippen LogP contribution in [0.2, 0.25) is 0 Å². The van der Waals surface area contributed by atoms with Gasteiger partial charge in [-0.2, -0.15) is 0 Å². The zero-order chi connectivity index (χ0) is 15.2. The molecule has 0 heterocycles. The van der Waals surface area contributed by atoms with Crippen molar-refractivity contribution in [3.63, 3.8) is 0 Å². The third-order valence-electron chi connectivity index (χ3n) is 3.97. The van der Waals surface area contributed by atoms with Crippen molar-refractivity contribution in [1.82, 2.24) is 0 Å². The highest BCUT2D eigenvalue weighted by molar-refractivity contribution is 7.55. The molecule has 0 amide bonds.